The van der Waals surface area contributed by atoms with E-state index in [0.717, 1.165) is 19.5 Å². The van der Waals surface area contributed by atoms with Crippen LogP contribution in [0.25, 0.3) is 0 Å². The largest absolute Gasteiger partial charge is 0.327 e. The van der Waals surface area contributed by atoms with Crippen LogP contribution in [0.5, 0.6) is 0 Å². The predicted molar refractivity (Wildman–Crippen MR) is 77.9 cm³/mol. The summed E-state index contributed by atoms with van der Waals surface area (Å²) in [4.78, 5) is 2.28. The van der Waals surface area contributed by atoms with Gasteiger partial charge in [-0.2, -0.15) is 0 Å². The average molecular weight is 299 g/mol. The van der Waals surface area contributed by atoms with E-state index in [1.165, 1.54) is 10.0 Å². The van der Waals surface area contributed by atoms with E-state index < -0.39 is 0 Å². The van der Waals surface area contributed by atoms with Gasteiger partial charge < -0.3 is 10.6 Å². The maximum Gasteiger partial charge on any atom is 0.0242 e. The summed E-state index contributed by atoms with van der Waals surface area (Å²) in [5.74, 6) is 0.668. The molecule has 2 nitrogen and oxygen atoms in total. The minimum atomic E-state index is 0.266. The molecule has 0 amide bonds. The molecule has 17 heavy (non-hydrogen) atoms. The van der Waals surface area contributed by atoms with Crippen molar-refractivity contribution in [2.45, 2.75) is 32.9 Å². The molecular formula is C14H23BrN2. The SMILES string of the molecule is CC(C)CC(N)CN(C)Cc1ccccc1Br. The highest BCUT2D eigenvalue weighted by Crippen LogP contribution is 2.17. The number of likely N-dealkylation sites (N-methyl/N-ethyl adjacent to an activating group) is 1. The van der Waals surface area contributed by atoms with Crippen molar-refractivity contribution in [3.63, 3.8) is 0 Å². The number of hydrogen-bond donors (Lipinski definition) is 1. The van der Waals surface area contributed by atoms with Gasteiger partial charge in [0.15, 0.2) is 0 Å². The maximum absolute atomic E-state index is 6.11. The molecule has 3 heteroatoms. The van der Waals surface area contributed by atoms with Gasteiger partial charge >= 0.3 is 0 Å². The molecule has 1 unspecified atom stereocenters. The zero-order valence-corrected chi connectivity index (χ0v) is 12.6. The van der Waals surface area contributed by atoms with Crippen molar-refractivity contribution in [3.8, 4) is 0 Å². The van der Waals surface area contributed by atoms with Crippen molar-refractivity contribution in [2.75, 3.05) is 13.6 Å². The van der Waals surface area contributed by atoms with Crippen LogP contribution in [-0.2, 0) is 6.54 Å². The molecular weight excluding hydrogens is 276 g/mol. The summed E-state index contributed by atoms with van der Waals surface area (Å²) in [5, 5.41) is 0. The lowest BCUT2D eigenvalue weighted by atomic mass is 10.0. The molecule has 0 saturated carbocycles. The summed E-state index contributed by atoms with van der Waals surface area (Å²) in [6.07, 6.45) is 1.08. The Kier molecular flexibility index (Phi) is 6.17. The van der Waals surface area contributed by atoms with Crippen molar-refractivity contribution in [2.24, 2.45) is 11.7 Å². The van der Waals surface area contributed by atoms with E-state index in [2.05, 4.69) is 59.9 Å². The van der Waals surface area contributed by atoms with Crippen LogP contribution in [0.4, 0.5) is 0 Å². The Morgan fingerprint density at radius 1 is 1.29 bits per heavy atom. The molecule has 2 N–H and O–H groups in total. The third-order valence-electron chi connectivity index (χ3n) is 2.72. The Labute approximate surface area is 113 Å². The van der Waals surface area contributed by atoms with E-state index in [-0.39, 0.29) is 6.04 Å². The summed E-state index contributed by atoms with van der Waals surface area (Å²) in [6.45, 7) is 6.31. The van der Waals surface area contributed by atoms with E-state index in [1.807, 2.05) is 6.07 Å². The Bertz CT molecular complexity index is 339. The highest BCUT2D eigenvalue weighted by molar-refractivity contribution is 9.10. The first kappa shape index (κ1) is 14.7. The highest BCUT2D eigenvalue weighted by Gasteiger charge is 2.10. The average Bonchev–Trinajstić information content (AvgIpc) is 2.19. The molecule has 0 aliphatic heterocycles. The Balaban J connectivity index is 2.44. The monoisotopic (exact) mass is 298 g/mol. The first-order valence-electron chi connectivity index (χ1n) is 6.16. The van der Waals surface area contributed by atoms with E-state index in [1.54, 1.807) is 0 Å². The molecule has 0 spiro atoms. The molecule has 0 radical (unpaired) electrons. The van der Waals surface area contributed by atoms with Crippen LogP contribution >= 0.6 is 15.9 Å². The van der Waals surface area contributed by atoms with Crippen LogP contribution in [-0.4, -0.2) is 24.5 Å². The fourth-order valence-electron chi connectivity index (χ4n) is 2.06. The van der Waals surface area contributed by atoms with Crippen LogP contribution in [0, 0.1) is 5.92 Å². The number of hydrogen-bond acceptors (Lipinski definition) is 2. The second-order valence-electron chi connectivity index (χ2n) is 5.18. The summed E-state index contributed by atoms with van der Waals surface area (Å²) in [6, 6.07) is 8.61. The summed E-state index contributed by atoms with van der Waals surface area (Å²) in [5.41, 5.74) is 7.43. The standard InChI is InChI=1S/C14H23BrN2/c1-11(2)8-13(16)10-17(3)9-12-6-4-5-7-14(12)15/h4-7,11,13H,8-10,16H2,1-3H3. The van der Waals surface area contributed by atoms with Crippen molar-refractivity contribution < 1.29 is 0 Å². The molecule has 0 aliphatic carbocycles. The van der Waals surface area contributed by atoms with E-state index in [0.29, 0.717) is 5.92 Å². The predicted octanol–water partition coefficient (Wildman–Crippen LogP) is 3.25. The van der Waals surface area contributed by atoms with Gasteiger partial charge in [-0.05, 0) is 31.0 Å². The van der Waals surface area contributed by atoms with Gasteiger partial charge in [-0.15, -0.1) is 0 Å². The highest BCUT2D eigenvalue weighted by atomic mass is 79.9. The van der Waals surface area contributed by atoms with Crippen LogP contribution in [0.15, 0.2) is 28.7 Å². The Hall–Kier alpha value is -0.380. The maximum atomic E-state index is 6.11. The van der Waals surface area contributed by atoms with Gasteiger partial charge in [0.2, 0.25) is 0 Å². The lowest BCUT2D eigenvalue weighted by Crippen LogP contribution is -2.35. The molecule has 0 fully saturated rings. The summed E-state index contributed by atoms with van der Waals surface area (Å²) in [7, 11) is 2.12. The minimum Gasteiger partial charge on any atom is -0.327 e. The van der Waals surface area contributed by atoms with Crippen LogP contribution in [0.3, 0.4) is 0 Å². The van der Waals surface area contributed by atoms with Gasteiger partial charge in [-0.1, -0.05) is 48.0 Å². The second kappa shape index (κ2) is 7.14. The van der Waals surface area contributed by atoms with Gasteiger partial charge in [0.05, 0.1) is 0 Å². The topological polar surface area (TPSA) is 29.3 Å². The zero-order chi connectivity index (χ0) is 12.8. The van der Waals surface area contributed by atoms with Gasteiger partial charge in [0, 0.05) is 23.6 Å². The Morgan fingerprint density at radius 3 is 2.53 bits per heavy atom. The third-order valence-corrected chi connectivity index (χ3v) is 3.49. The molecule has 0 saturated heterocycles. The molecule has 96 valence electrons. The molecule has 0 bridgehead atoms. The van der Waals surface area contributed by atoms with Gasteiger partial charge in [-0.25, -0.2) is 0 Å². The number of nitrogens with zero attached hydrogens (tertiary/aromatic N) is 1. The first-order chi connectivity index (χ1) is 7.99. The number of halogens is 1. The van der Waals surface area contributed by atoms with Crippen molar-refractivity contribution >= 4 is 15.9 Å². The smallest absolute Gasteiger partial charge is 0.0242 e. The number of rotatable bonds is 6. The molecule has 0 aliphatic rings. The lowest BCUT2D eigenvalue weighted by Gasteiger charge is -2.22. The van der Waals surface area contributed by atoms with E-state index in [9.17, 15) is 0 Å². The lowest BCUT2D eigenvalue weighted by molar-refractivity contribution is 0.286. The van der Waals surface area contributed by atoms with Crippen molar-refractivity contribution in [1.29, 1.82) is 0 Å². The normalized spacial score (nSPS) is 13.4. The molecule has 1 atom stereocenters. The fourth-order valence-corrected chi connectivity index (χ4v) is 2.47. The van der Waals surface area contributed by atoms with Crippen molar-refractivity contribution in [1.82, 2.24) is 4.90 Å². The first-order valence-corrected chi connectivity index (χ1v) is 6.96. The summed E-state index contributed by atoms with van der Waals surface area (Å²) >= 11 is 3.57. The quantitative estimate of drug-likeness (QED) is 0.873. The fraction of sp³-hybridized carbons (Fsp3) is 0.571. The third kappa shape index (κ3) is 5.66. The second-order valence-corrected chi connectivity index (χ2v) is 6.03. The Morgan fingerprint density at radius 2 is 1.94 bits per heavy atom. The number of nitrogens with two attached hydrogens (primary N) is 1. The summed E-state index contributed by atoms with van der Waals surface area (Å²) < 4.78 is 1.17. The number of benzene rings is 1. The van der Waals surface area contributed by atoms with Crippen LogP contribution in [0.2, 0.25) is 0 Å². The molecule has 1 rings (SSSR count). The van der Waals surface area contributed by atoms with E-state index in [4.69, 9.17) is 5.73 Å². The van der Waals surface area contributed by atoms with Crippen LogP contribution < -0.4 is 5.73 Å². The molecule has 0 aromatic heterocycles. The molecule has 0 heterocycles. The van der Waals surface area contributed by atoms with Gasteiger partial charge in [0.1, 0.15) is 0 Å². The van der Waals surface area contributed by atoms with Crippen LogP contribution in [0.1, 0.15) is 25.8 Å². The minimum absolute atomic E-state index is 0.266. The zero-order valence-electron chi connectivity index (χ0n) is 11.0. The van der Waals surface area contributed by atoms with E-state index >= 15 is 0 Å². The van der Waals surface area contributed by atoms with Crippen molar-refractivity contribution in [3.05, 3.63) is 34.3 Å². The van der Waals surface area contributed by atoms with Gasteiger partial charge in [0.25, 0.3) is 0 Å². The van der Waals surface area contributed by atoms with Gasteiger partial charge in [-0.3, -0.25) is 0 Å². The molecule has 1 aromatic rings. The molecule has 1 aromatic carbocycles.